The first-order valence-corrected chi connectivity index (χ1v) is 6.56. The number of halogens is 3. The minimum absolute atomic E-state index is 0.0955. The number of nitrogens with zero attached hydrogens (tertiary/aromatic N) is 1. The van der Waals surface area contributed by atoms with Gasteiger partial charge in [-0.1, -0.05) is 19.9 Å². The summed E-state index contributed by atoms with van der Waals surface area (Å²) in [6.45, 7) is 6.49. The lowest BCUT2D eigenvalue weighted by Gasteiger charge is -2.32. The van der Waals surface area contributed by atoms with Gasteiger partial charge in [-0.3, -0.25) is 0 Å². The smallest absolute Gasteiger partial charge is 0.368 e. The van der Waals surface area contributed by atoms with Gasteiger partial charge in [-0.2, -0.15) is 13.2 Å². The highest BCUT2D eigenvalue weighted by atomic mass is 19.4. The summed E-state index contributed by atoms with van der Waals surface area (Å²) in [5.41, 5.74) is 0.519. The van der Waals surface area contributed by atoms with Gasteiger partial charge in [0.15, 0.2) is 0 Å². The number of piperazine rings is 1. The van der Waals surface area contributed by atoms with Crippen LogP contribution < -0.4 is 10.2 Å². The number of benzene rings is 1. The molecule has 5 heteroatoms. The normalized spacial score (nSPS) is 17.1. The van der Waals surface area contributed by atoms with Gasteiger partial charge in [0.25, 0.3) is 0 Å². The van der Waals surface area contributed by atoms with Crippen molar-refractivity contribution < 1.29 is 13.2 Å². The summed E-state index contributed by atoms with van der Waals surface area (Å²) in [5, 5.41) is 3.15. The second-order valence-electron chi connectivity index (χ2n) is 5.17. The second-order valence-corrected chi connectivity index (χ2v) is 5.17. The van der Waals surface area contributed by atoms with E-state index in [9.17, 15) is 13.2 Å². The van der Waals surface area contributed by atoms with Crippen LogP contribution in [0.3, 0.4) is 0 Å². The SMILES string of the molecule is CC(C)c1ccc(N2CCNCC2)c(C(F)(F)F)c1. The molecule has 0 aromatic heterocycles. The van der Waals surface area contributed by atoms with E-state index in [0.29, 0.717) is 18.8 Å². The minimum atomic E-state index is -4.30. The zero-order valence-corrected chi connectivity index (χ0v) is 11.2. The molecule has 0 bridgehead atoms. The predicted molar refractivity (Wildman–Crippen MR) is 70.6 cm³/mol. The Morgan fingerprint density at radius 2 is 1.79 bits per heavy atom. The van der Waals surface area contributed by atoms with Crippen LogP contribution in [0.4, 0.5) is 18.9 Å². The van der Waals surface area contributed by atoms with Gasteiger partial charge < -0.3 is 10.2 Å². The third-order valence-electron chi connectivity index (χ3n) is 3.45. The van der Waals surface area contributed by atoms with E-state index in [4.69, 9.17) is 0 Å². The largest absolute Gasteiger partial charge is 0.418 e. The monoisotopic (exact) mass is 272 g/mol. The first-order chi connectivity index (χ1) is 8.89. The van der Waals surface area contributed by atoms with E-state index in [1.165, 1.54) is 6.07 Å². The molecule has 19 heavy (non-hydrogen) atoms. The molecule has 0 amide bonds. The molecule has 1 aliphatic heterocycles. The molecule has 0 aliphatic carbocycles. The average molecular weight is 272 g/mol. The van der Waals surface area contributed by atoms with Gasteiger partial charge in [-0.05, 0) is 23.6 Å². The molecule has 1 fully saturated rings. The van der Waals surface area contributed by atoms with Crippen LogP contribution in [0.5, 0.6) is 0 Å². The maximum absolute atomic E-state index is 13.2. The van der Waals surface area contributed by atoms with Crippen LogP contribution in [0.1, 0.15) is 30.9 Å². The van der Waals surface area contributed by atoms with Crippen LogP contribution in [0.15, 0.2) is 18.2 Å². The maximum atomic E-state index is 13.2. The summed E-state index contributed by atoms with van der Waals surface area (Å²) in [6.07, 6.45) is -4.30. The van der Waals surface area contributed by atoms with E-state index in [2.05, 4.69) is 5.32 Å². The van der Waals surface area contributed by atoms with Crippen molar-refractivity contribution in [2.45, 2.75) is 25.9 Å². The van der Waals surface area contributed by atoms with Crippen molar-refractivity contribution in [3.63, 3.8) is 0 Å². The lowest BCUT2D eigenvalue weighted by molar-refractivity contribution is -0.137. The molecule has 106 valence electrons. The molecular formula is C14H19F3N2. The lowest BCUT2D eigenvalue weighted by atomic mass is 9.98. The fraction of sp³-hybridized carbons (Fsp3) is 0.571. The molecule has 2 rings (SSSR count). The zero-order chi connectivity index (χ0) is 14.0. The van der Waals surface area contributed by atoms with Crippen molar-refractivity contribution >= 4 is 5.69 Å². The Balaban J connectivity index is 2.41. The van der Waals surface area contributed by atoms with Crippen molar-refractivity contribution in [3.05, 3.63) is 29.3 Å². The number of rotatable bonds is 2. The second kappa shape index (κ2) is 5.41. The van der Waals surface area contributed by atoms with Crippen LogP contribution in [0.25, 0.3) is 0 Å². The van der Waals surface area contributed by atoms with Crippen LogP contribution in [-0.2, 0) is 6.18 Å². The van der Waals surface area contributed by atoms with Crippen LogP contribution in [-0.4, -0.2) is 26.2 Å². The fourth-order valence-electron chi connectivity index (χ4n) is 2.32. The molecule has 1 heterocycles. The van der Waals surface area contributed by atoms with Crippen LogP contribution in [0, 0.1) is 0 Å². The van der Waals surface area contributed by atoms with Crippen molar-refractivity contribution in [2.24, 2.45) is 0 Å². The Kier molecular flexibility index (Phi) is 4.04. The molecule has 1 aromatic carbocycles. The summed E-state index contributed by atoms with van der Waals surface area (Å²) in [6, 6.07) is 4.71. The molecule has 0 saturated carbocycles. The molecule has 0 spiro atoms. The van der Waals surface area contributed by atoms with Gasteiger partial charge in [0.05, 0.1) is 5.56 Å². The molecule has 1 aromatic rings. The number of hydrogen-bond acceptors (Lipinski definition) is 2. The topological polar surface area (TPSA) is 15.3 Å². The summed E-state index contributed by atoms with van der Waals surface area (Å²) in [5.74, 6) is 0.0955. The number of hydrogen-bond donors (Lipinski definition) is 1. The molecule has 1 aliphatic rings. The number of anilines is 1. The van der Waals surface area contributed by atoms with Crippen LogP contribution >= 0.6 is 0 Å². The fourth-order valence-corrected chi connectivity index (χ4v) is 2.32. The standard InChI is InChI=1S/C14H19F3N2/c1-10(2)11-3-4-13(12(9-11)14(15,16)17)19-7-5-18-6-8-19/h3-4,9-10,18H,5-8H2,1-2H3. The van der Waals surface area contributed by atoms with Gasteiger partial charge >= 0.3 is 6.18 Å². The minimum Gasteiger partial charge on any atom is -0.368 e. The van der Waals surface area contributed by atoms with Gasteiger partial charge in [0, 0.05) is 31.9 Å². The summed E-state index contributed by atoms with van der Waals surface area (Å²) < 4.78 is 39.6. The van der Waals surface area contributed by atoms with Crippen molar-refractivity contribution in [1.82, 2.24) is 5.32 Å². The van der Waals surface area contributed by atoms with E-state index in [-0.39, 0.29) is 5.92 Å². The summed E-state index contributed by atoms with van der Waals surface area (Å²) in [7, 11) is 0. The molecule has 1 N–H and O–H groups in total. The van der Waals surface area contributed by atoms with E-state index in [1.54, 1.807) is 12.1 Å². The van der Waals surface area contributed by atoms with Gasteiger partial charge in [-0.25, -0.2) is 0 Å². The molecule has 0 unspecified atom stereocenters. The highest BCUT2D eigenvalue weighted by Crippen LogP contribution is 2.38. The Bertz CT molecular complexity index is 435. The third-order valence-corrected chi connectivity index (χ3v) is 3.45. The first kappa shape index (κ1) is 14.2. The van der Waals surface area contributed by atoms with Crippen LogP contribution in [0.2, 0.25) is 0 Å². The third kappa shape index (κ3) is 3.21. The average Bonchev–Trinajstić information content (AvgIpc) is 2.38. The maximum Gasteiger partial charge on any atom is 0.418 e. The zero-order valence-electron chi connectivity index (χ0n) is 11.2. The Morgan fingerprint density at radius 3 is 2.32 bits per heavy atom. The number of alkyl halides is 3. The molecule has 2 nitrogen and oxygen atoms in total. The van der Waals surface area contributed by atoms with E-state index < -0.39 is 11.7 Å². The molecular weight excluding hydrogens is 253 g/mol. The summed E-state index contributed by atoms with van der Waals surface area (Å²) >= 11 is 0. The van der Waals surface area contributed by atoms with Gasteiger partial charge in [0.2, 0.25) is 0 Å². The Hall–Kier alpha value is -1.23. The lowest BCUT2D eigenvalue weighted by Crippen LogP contribution is -2.44. The number of nitrogens with one attached hydrogen (secondary N) is 1. The highest BCUT2D eigenvalue weighted by molar-refractivity contribution is 5.57. The van der Waals surface area contributed by atoms with Crippen molar-refractivity contribution in [1.29, 1.82) is 0 Å². The van der Waals surface area contributed by atoms with Gasteiger partial charge in [-0.15, -0.1) is 0 Å². The molecule has 0 radical (unpaired) electrons. The van der Waals surface area contributed by atoms with E-state index in [0.717, 1.165) is 18.7 Å². The van der Waals surface area contributed by atoms with E-state index >= 15 is 0 Å². The predicted octanol–water partition coefficient (Wildman–Crippen LogP) is 3.24. The highest BCUT2D eigenvalue weighted by Gasteiger charge is 2.35. The molecule has 0 atom stereocenters. The first-order valence-electron chi connectivity index (χ1n) is 6.56. The van der Waals surface area contributed by atoms with E-state index in [1.807, 2.05) is 18.7 Å². The van der Waals surface area contributed by atoms with Crippen molar-refractivity contribution in [2.75, 3.05) is 31.1 Å². The quantitative estimate of drug-likeness (QED) is 0.889. The Labute approximate surface area is 111 Å². The molecule has 1 saturated heterocycles. The van der Waals surface area contributed by atoms with Gasteiger partial charge in [0.1, 0.15) is 0 Å². The summed E-state index contributed by atoms with van der Waals surface area (Å²) in [4.78, 5) is 1.81. The van der Waals surface area contributed by atoms with Crippen molar-refractivity contribution in [3.8, 4) is 0 Å². The Morgan fingerprint density at radius 1 is 1.16 bits per heavy atom.